The Hall–Kier alpha value is -4.75. The second-order valence-electron chi connectivity index (χ2n) is 9.81. The number of imidazole rings is 1. The van der Waals surface area contributed by atoms with Crippen molar-refractivity contribution in [3.05, 3.63) is 53.6 Å². The molecule has 1 atom stereocenters. The number of anilines is 1. The van der Waals surface area contributed by atoms with Crippen LogP contribution in [0.25, 0.3) is 43.0 Å². The van der Waals surface area contributed by atoms with Gasteiger partial charge in [0.05, 0.1) is 54.1 Å². The normalized spacial score (nSPS) is 14.5. The van der Waals surface area contributed by atoms with Crippen molar-refractivity contribution in [3.8, 4) is 28.0 Å². The van der Waals surface area contributed by atoms with Gasteiger partial charge in [-0.2, -0.15) is 0 Å². The van der Waals surface area contributed by atoms with Gasteiger partial charge in [-0.3, -0.25) is 4.90 Å². The van der Waals surface area contributed by atoms with Gasteiger partial charge in [-0.05, 0) is 30.7 Å². The van der Waals surface area contributed by atoms with Gasteiger partial charge in [0.2, 0.25) is 5.88 Å². The first-order valence-electron chi connectivity index (χ1n) is 12.8. The third kappa shape index (κ3) is 4.37. The quantitative estimate of drug-likeness (QED) is 0.269. The first-order valence-corrected chi connectivity index (χ1v) is 14.0. The minimum absolute atomic E-state index is 0.00973. The number of ether oxygens (including phenoxy) is 3. The van der Waals surface area contributed by atoms with Gasteiger partial charge < -0.3 is 23.9 Å². The van der Waals surface area contributed by atoms with E-state index in [-0.39, 0.29) is 13.2 Å². The number of nitrogens with zero attached hydrogens (tertiary/aromatic N) is 7. The summed E-state index contributed by atoms with van der Waals surface area (Å²) in [6, 6.07) is 7.29. The summed E-state index contributed by atoms with van der Waals surface area (Å²) in [7, 11) is 3.37. The largest absolute Gasteiger partial charge is 0.484 e. The van der Waals surface area contributed by atoms with Crippen LogP contribution in [0.5, 0.6) is 17.4 Å². The van der Waals surface area contributed by atoms with Gasteiger partial charge >= 0.3 is 6.09 Å². The number of methoxy groups -OCH3 is 1. The van der Waals surface area contributed by atoms with Crippen LogP contribution in [-0.2, 0) is 7.05 Å². The molecule has 0 fully saturated rings. The van der Waals surface area contributed by atoms with Crippen molar-refractivity contribution < 1.29 is 24.1 Å². The van der Waals surface area contributed by atoms with Crippen molar-refractivity contribution in [2.24, 2.45) is 7.05 Å². The van der Waals surface area contributed by atoms with Crippen molar-refractivity contribution in [1.29, 1.82) is 0 Å². The predicted molar refractivity (Wildman–Crippen MR) is 158 cm³/mol. The smallest absolute Gasteiger partial charge is 0.411 e. The number of aromatic nitrogens is 6. The molecule has 0 saturated carbocycles. The molecule has 0 radical (unpaired) electrons. The summed E-state index contributed by atoms with van der Waals surface area (Å²) in [6.07, 6.45) is 2.96. The lowest BCUT2D eigenvalue weighted by atomic mass is 10.1. The zero-order valence-corrected chi connectivity index (χ0v) is 24.1. The molecule has 1 aliphatic rings. The highest BCUT2D eigenvalue weighted by molar-refractivity contribution is 7.22. The van der Waals surface area contributed by atoms with Gasteiger partial charge in [0.15, 0.2) is 23.3 Å². The topological polar surface area (TPSA) is 138 Å². The number of benzene rings is 2. The lowest BCUT2D eigenvalue weighted by molar-refractivity contribution is 0.0962. The number of thiazole rings is 1. The molecule has 212 valence electrons. The molecule has 0 spiro atoms. The number of hydrogen-bond acceptors (Lipinski definition) is 10. The number of fused-ring (bicyclic) bond motifs is 5. The van der Waals surface area contributed by atoms with Gasteiger partial charge in [0, 0.05) is 18.7 Å². The van der Waals surface area contributed by atoms with Crippen molar-refractivity contribution in [2.75, 3.05) is 25.2 Å². The molecule has 0 bridgehead atoms. The number of carboxylic acid groups (broad SMARTS) is 1. The van der Waals surface area contributed by atoms with E-state index < -0.39 is 12.2 Å². The second-order valence-corrected chi connectivity index (χ2v) is 11.2. The zero-order valence-electron chi connectivity index (χ0n) is 22.5. The summed E-state index contributed by atoms with van der Waals surface area (Å²) in [5.41, 5.74) is 5.41. The van der Waals surface area contributed by atoms with Crippen LogP contribution in [0.4, 0.5) is 10.5 Å². The third-order valence-electron chi connectivity index (χ3n) is 6.92. The van der Waals surface area contributed by atoms with Crippen LogP contribution in [0.15, 0.2) is 43.0 Å². The molecule has 42 heavy (non-hydrogen) atoms. The van der Waals surface area contributed by atoms with E-state index in [0.29, 0.717) is 60.8 Å². The van der Waals surface area contributed by atoms with Crippen LogP contribution in [0, 0.1) is 6.92 Å². The molecule has 1 aliphatic heterocycles. The Morgan fingerprint density at radius 3 is 2.83 bits per heavy atom. The fourth-order valence-corrected chi connectivity index (χ4v) is 6.37. The Labute approximate surface area is 247 Å². The van der Waals surface area contributed by atoms with E-state index in [2.05, 4.69) is 19.9 Å². The monoisotopic (exact) mass is 603 g/mol. The summed E-state index contributed by atoms with van der Waals surface area (Å²) in [4.78, 5) is 36.0. The van der Waals surface area contributed by atoms with Gasteiger partial charge in [-0.15, -0.1) is 11.3 Å². The van der Waals surface area contributed by atoms with Gasteiger partial charge in [-0.1, -0.05) is 11.6 Å². The molecule has 0 saturated heterocycles. The Kier molecular flexibility index (Phi) is 6.21. The maximum Gasteiger partial charge on any atom is 0.411 e. The number of halogens is 1. The minimum Gasteiger partial charge on any atom is -0.484 e. The number of pyridine rings is 1. The van der Waals surface area contributed by atoms with Crippen LogP contribution in [-0.4, -0.2) is 67.1 Å². The molecule has 0 aliphatic carbocycles. The van der Waals surface area contributed by atoms with Gasteiger partial charge in [0.1, 0.15) is 27.3 Å². The van der Waals surface area contributed by atoms with Crippen molar-refractivity contribution >= 4 is 67.1 Å². The molecule has 1 amide bonds. The SMILES string of the molecule is COc1cnc2c(-c3nc4c(Cl)cc5c(c4s3)OC[C@@H](CN(C(=O)O)c3cnc4c(c3)ncn4C)O5)cc(C)cc2n1. The van der Waals surface area contributed by atoms with Crippen LogP contribution >= 0.6 is 22.9 Å². The molecule has 2 aromatic carbocycles. The summed E-state index contributed by atoms with van der Waals surface area (Å²) < 4.78 is 20.1. The molecule has 12 nitrogen and oxygen atoms in total. The molecular weight excluding hydrogens is 582 g/mol. The average Bonchev–Trinajstić information content (AvgIpc) is 3.59. The van der Waals surface area contributed by atoms with Crippen molar-refractivity contribution in [2.45, 2.75) is 13.0 Å². The summed E-state index contributed by atoms with van der Waals surface area (Å²) in [5.74, 6) is 1.36. The molecule has 6 aromatic rings. The lowest BCUT2D eigenvalue weighted by Gasteiger charge is -2.30. The Balaban J connectivity index is 1.21. The first-order chi connectivity index (χ1) is 20.3. The van der Waals surface area contributed by atoms with Crippen molar-refractivity contribution in [3.63, 3.8) is 0 Å². The highest BCUT2D eigenvalue weighted by atomic mass is 35.5. The fraction of sp³-hybridized carbons (Fsp3) is 0.214. The molecule has 7 rings (SSSR count). The number of aryl methyl sites for hydroxylation is 2. The first kappa shape index (κ1) is 26.2. The maximum atomic E-state index is 12.2. The Morgan fingerprint density at radius 2 is 2.02 bits per heavy atom. The van der Waals surface area contributed by atoms with E-state index in [9.17, 15) is 9.90 Å². The molecule has 1 N–H and O–H groups in total. The Morgan fingerprint density at radius 1 is 1.17 bits per heavy atom. The highest BCUT2D eigenvalue weighted by Crippen LogP contribution is 2.47. The van der Waals surface area contributed by atoms with E-state index >= 15 is 0 Å². The van der Waals surface area contributed by atoms with Gasteiger partial charge in [-0.25, -0.2) is 29.7 Å². The lowest BCUT2D eigenvalue weighted by Crippen LogP contribution is -2.43. The van der Waals surface area contributed by atoms with Crippen LogP contribution < -0.4 is 19.1 Å². The fourth-order valence-electron chi connectivity index (χ4n) is 4.98. The van der Waals surface area contributed by atoms with Crippen LogP contribution in [0.3, 0.4) is 0 Å². The van der Waals surface area contributed by atoms with Crippen LogP contribution in [0.1, 0.15) is 5.56 Å². The van der Waals surface area contributed by atoms with E-state index in [4.69, 9.17) is 30.8 Å². The van der Waals surface area contributed by atoms with Crippen LogP contribution in [0.2, 0.25) is 5.02 Å². The summed E-state index contributed by atoms with van der Waals surface area (Å²) in [6.45, 7) is 2.11. The second kappa shape index (κ2) is 9.96. The van der Waals surface area contributed by atoms with Crippen molar-refractivity contribution in [1.82, 2.24) is 29.5 Å². The standard InChI is InChI=1S/C28H22ClN7O5S/c1-13-4-16(22-18(5-13)33-21(39-3)9-30-22)27-34-23-17(29)7-20-24(25(23)42-27)40-11-15(41-20)10-36(28(37)38)14-6-19-26(31-8-14)35(2)12-32-19/h4-9,12,15H,10-11H2,1-3H3,(H,37,38)/t15-/m1/s1. The van der Waals surface area contributed by atoms with E-state index in [1.165, 1.54) is 22.4 Å². The van der Waals surface area contributed by atoms with E-state index in [0.717, 1.165) is 15.8 Å². The predicted octanol–water partition coefficient (Wildman–Crippen LogP) is 5.48. The third-order valence-corrected chi connectivity index (χ3v) is 8.30. The average molecular weight is 604 g/mol. The summed E-state index contributed by atoms with van der Waals surface area (Å²) >= 11 is 8.09. The number of carbonyl (C=O) groups is 1. The van der Waals surface area contributed by atoms with Gasteiger partial charge in [0.25, 0.3) is 0 Å². The molecule has 14 heteroatoms. The molecule has 5 heterocycles. The summed E-state index contributed by atoms with van der Waals surface area (Å²) in [5, 5.41) is 11.1. The molecule has 4 aromatic heterocycles. The highest BCUT2D eigenvalue weighted by Gasteiger charge is 2.30. The maximum absolute atomic E-state index is 12.2. The molecular formula is C28H22ClN7O5S. The Bertz CT molecular complexity index is 2040. The molecule has 0 unspecified atom stereocenters. The van der Waals surface area contributed by atoms with E-state index in [1.807, 2.05) is 26.1 Å². The minimum atomic E-state index is -1.15. The number of hydrogen-bond donors (Lipinski definition) is 1. The van der Waals surface area contributed by atoms with E-state index in [1.54, 1.807) is 36.3 Å². The number of amides is 1. The number of rotatable bonds is 5. The zero-order chi connectivity index (χ0) is 29.1.